The summed E-state index contributed by atoms with van der Waals surface area (Å²) in [5.74, 6) is -0.556. The highest BCUT2D eigenvalue weighted by molar-refractivity contribution is 7.93. The summed E-state index contributed by atoms with van der Waals surface area (Å²) in [6.07, 6.45) is 0.604. The smallest absolute Gasteiger partial charge is 0.251 e. The van der Waals surface area contributed by atoms with Crippen LogP contribution in [0, 0.1) is 5.82 Å². The van der Waals surface area contributed by atoms with Crippen LogP contribution in [0.15, 0.2) is 48.5 Å². The maximum Gasteiger partial charge on any atom is 0.251 e. The molecule has 1 aliphatic rings. The number of nitrogens with one attached hydrogen (secondary N) is 1. The molecule has 0 radical (unpaired) electrons. The third-order valence-corrected chi connectivity index (χ3v) is 5.78. The van der Waals surface area contributed by atoms with Crippen LogP contribution >= 0.6 is 0 Å². The first-order valence-corrected chi connectivity index (χ1v) is 9.20. The van der Waals surface area contributed by atoms with Crippen molar-refractivity contribution in [1.29, 1.82) is 0 Å². The molecular weight excluding hydrogens is 331 g/mol. The Kier molecular flexibility index (Phi) is 4.53. The Balaban J connectivity index is 1.67. The number of halogens is 1. The van der Waals surface area contributed by atoms with Crippen molar-refractivity contribution in [3.05, 3.63) is 65.5 Å². The molecule has 1 aliphatic heterocycles. The Labute approximate surface area is 140 Å². The molecular formula is C17H17FN2O3S. The third-order valence-electron chi connectivity index (χ3n) is 3.91. The molecule has 1 saturated heterocycles. The van der Waals surface area contributed by atoms with E-state index in [1.807, 2.05) is 0 Å². The van der Waals surface area contributed by atoms with E-state index in [0.29, 0.717) is 29.8 Å². The molecule has 7 heteroatoms. The van der Waals surface area contributed by atoms with Crippen LogP contribution in [0.5, 0.6) is 0 Å². The molecule has 0 atom stereocenters. The van der Waals surface area contributed by atoms with Gasteiger partial charge >= 0.3 is 0 Å². The van der Waals surface area contributed by atoms with E-state index in [9.17, 15) is 17.6 Å². The molecule has 3 rings (SSSR count). The molecule has 0 aromatic heterocycles. The van der Waals surface area contributed by atoms with Crippen LogP contribution in [0.25, 0.3) is 0 Å². The normalized spacial score (nSPS) is 16.1. The highest BCUT2D eigenvalue weighted by Gasteiger charge is 2.28. The second-order valence-corrected chi connectivity index (χ2v) is 7.58. The average Bonchev–Trinajstić information content (AvgIpc) is 2.93. The lowest BCUT2D eigenvalue weighted by Gasteiger charge is -2.17. The van der Waals surface area contributed by atoms with Gasteiger partial charge in [0.25, 0.3) is 5.91 Å². The molecule has 1 heterocycles. The molecule has 126 valence electrons. The second-order valence-electron chi connectivity index (χ2n) is 5.56. The summed E-state index contributed by atoms with van der Waals surface area (Å²) in [4.78, 5) is 12.1. The summed E-state index contributed by atoms with van der Waals surface area (Å²) < 4.78 is 38.6. The van der Waals surface area contributed by atoms with E-state index in [1.54, 1.807) is 42.5 Å². The Morgan fingerprint density at radius 1 is 1.12 bits per heavy atom. The standard InChI is InChI=1S/C17H17FN2O3S/c18-16-5-2-1-4-14(16)12-19-17(21)13-6-8-15(9-7-13)20-10-3-11-24(20,22)23/h1-2,4-9H,3,10-12H2,(H,19,21). The van der Waals surface area contributed by atoms with E-state index < -0.39 is 10.0 Å². The van der Waals surface area contributed by atoms with E-state index in [-0.39, 0.29) is 24.0 Å². The zero-order valence-electron chi connectivity index (χ0n) is 12.9. The molecule has 0 saturated carbocycles. The number of carbonyl (C=O) groups excluding carboxylic acids is 1. The van der Waals surface area contributed by atoms with Gasteiger partial charge < -0.3 is 5.32 Å². The fourth-order valence-electron chi connectivity index (χ4n) is 2.63. The van der Waals surface area contributed by atoms with Gasteiger partial charge in [-0.15, -0.1) is 0 Å². The van der Waals surface area contributed by atoms with Crippen LogP contribution in [0.2, 0.25) is 0 Å². The Hall–Kier alpha value is -2.41. The Bertz CT molecular complexity index is 850. The lowest BCUT2D eigenvalue weighted by atomic mass is 10.1. The zero-order valence-corrected chi connectivity index (χ0v) is 13.7. The zero-order chi connectivity index (χ0) is 17.2. The fourth-order valence-corrected chi connectivity index (χ4v) is 4.19. The number of sulfonamides is 1. The summed E-state index contributed by atoms with van der Waals surface area (Å²) in [6.45, 7) is 0.551. The minimum atomic E-state index is -3.23. The second kappa shape index (κ2) is 6.60. The molecule has 2 aromatic carbocycles. The van der Waals surface area contributed by atoms with Gasteiger partial charge in [0.2, 0.25) is 10.0 Å². The van der Waals surface area contributed by atoms with Crippen LogP contribution < -0.4 is 9.62 Å². The van der Waals surface area contributed by atoms with E-state index in [4.69, 9.17) is 0 Å². The summed E-state index contributed by atoms with van der Waals surface area (Å²) in [7, 11) is -3.23. The van der Waals surface area contributed by atoms with Crippen molar-refractivity contribution in [3.8, 4) is 0 Å². The van der Waals surface area contributed by atoms with Gasteiger partial charge in [0.1, 0.15) is 5.82 Å². The lowest BCUT2D eigenvalue weighted by Crippen LogP contribution is -2.26. The van der Waals surface area contributed by atoms with Gasteiger partial charge in [-0.05, 0) is 36.8 Å². The van der Waals surface area contributed by atoms with E-state index >= 15 is 0 Å². The van der Waals surface area contributed by atoms with Gasteiger partial charge in [-0.3, -0.25) is 9.10 Å². The number of amides is 1. The van der Waals surface area contributed by atoms with Crippen LogP contribution in [-0.2, 0) is 16.6 Å². The number of anilines is 1. The van der Waals surface area contributed by atoms with E-state index in [0.717, 1.165) is 0 Å². The first-order valence-electron chi connectivity index (χ1n) is 7.59. The van der Waals surface area contributed by atoms with Crippen LogP contribution in [0.3, 0.4) is 0 Å². The van der Waals surface area contributed by atoms with Crippen molar-refractivity contribution in [2.45, 2.75) is 13.0 Å². The minimum Gasteiger partial charge on any atom is -0.348 e. The predicted molar refractivity (Wildman–Crippen MR) is 89.8 cm³/mol. The maximum atomic E-state index is 13.5. The topological polar surface area (TPSA) is 66.5 Å². The number of hydrogen-bond acceptors (Lipinski definition) is 3. The van der Waals surface area contributed by atoms with Gasteiger partial charge in [-0.25, -0.2) is 12.8 Å². The molecule has 2 aromatic rings. The van der Waals surface area contributed by atoms with Gasteiger partial charge in [0.15, 0.2) is 0 Å². The Morgan fingerprint density at radius 3 is 2.46 bits per heavy atom. The van der Waals surface area contributed by atoms with Crippen molar-refractivity contribution in [3.63, 3.8) is 0 Å². The minimum absolute atomic E-state index is 0.0910. The summed E-state index contributed by atoms with van der Waals surface area (Å²) in [6, 6.07) is 12.6. The highest BCUT2D eigenvalue weighted by Crippen LogP contribution is 2.24. The van der Waals surface area contributed by atoms with Gasteiger partial charge in [0.05, 0.1) is 11.4 Å². The molecule has 0 spiro atoms. The lowest BCUT2D eigenvalue weighted by molar-refractivity contribution is 0.0950. The van der Waals surface area contributed by atoms with Crippen molar-refractivity contribution in [2.75, 3.05) is 16.6 Å². The van der Waals surface area contributed by atoms with Crippen LogP contribution in [-0.4, -0.2) is 26.6 Å². The van der Waals surface area contributed by atoms with E-state index in [2.05, 4.69) is 5.32 Å². The first-order chi connectivity index (χ1) is 11.5. The van der Waals surface area contributed by atoms with Crippen molar-refractivity contribution in [1.82, 2.24) is 5.32 Å². The summed E-state index contributed by atoms with van der Waals surface area (Å²) in [5.41, 5.74) is 1.36. The third kappa shape index (κ3) is 3.41. The first kappa shape index (κ1) is 16.4. The largest absolute Gasteiger partial charge is 0.348 e. The van der Waals surface area contributed by atoms with Gasteiger partial charge in [0, 0.05) is 24.2 Å². The molecule has 24 heavy (non-hydrogen) atoms. The molecule has 1 fully saturated rings. The van der Waals surface area contributed by atoms with Gasteiger partial charge in [-0.2, -0.15) is 0 Å². The fraction of sp³-hybridized carbons (Fsp3) is 0.235. The van der Waals surface area contributed by atoms with Crippen molar-refractivity contribution in [2.24, 2.45) is 0 Å². The molecule has 5 nitrogen and oxygen atoms in total. The molecule has 0 bridgehead atoms. The van der Waals surface area contributed by atoms with Crippen molar-refractivity contribution >= 4 is 21.6 Å². The highest BCUT2D eigenvalue weighted by atomic mass is 32.2. The van der Waals surface area contributed by atoms with Crippen LogP contribution in [0.1, 0.15) is 22.3 Å². The SMILES string of the molecule is O=C(NCc1ccccc1F)c1ccc(N2CCCS2(=O)=O)cc1. The Morgan fingerprint density at radius 2 is 1.83 bits per heavy atom. The number of rotatable bonds is 4. The van der Waals surface area contributed by atoms with Crippen LogP contribution in [0.4, 0.5) is 10.1 Å². The molecule has 0 aliphatic carbocycles. The van der Waals surface area contributed by atoms with Gasteiger partial charge in [-0.1, -0.05) is 18.2 Å². The summed E-state index contributed by atoms with van der Waals surface area (Å²) >= 11 is 0. The van der Waals surface area contributed by atoms with Crippen molar-refractivity contribution < 1.29 is 17.6 Å². The average molecular weight is 348 g/mol. The van der Waals surface area contributed by atoms with E-state index in [1.165, 1.54) is 10.4 Å². The maximum absolute atomic E-state index is 13.5. The number of carbonyl (C=O) groups is 1. The monoisotopic (exact) mass is 348 g/mol. The quantitative estimate of drug-likeness (QED) is 0.922. The number of hydrogen-bond donors (Lipinski definition) is 1. The molecule has 1 amide bonds. The molecule has 1 N–H and O–H groups in total. The predicted octanol–water partition coefficient (Wildman–Crippen LogP) is 2.30. The number of benzene rings is 2. The summed E-state index contributed by atoms with van der Waals surface area (Å²) in [5, 5.41) is 2.65. The molecule has 0 unspecified atom stereocenters. The number of nitrogens with zero attached hydrogens (tertiary/aromatic N) is 1.